The number of carbonyl (C=O) groups excluding carboxylic acids is 1. The van der Waals surface area contributed by atoms with Crippen molar-refractivity contribution in [1.29, 1.82) is 5.26 Å². The molecule has 1 amide bonds. The van der Waals surface area contributed by atoms with Gasteiger partial charge in [-0.25, -0.2) is 4.98 Å². The van der Waals surface area contributed by atoms with Gasteiger partial charge in [0.05, 0.1) is 23.4 Å². The van der Waals surface area contributed by atoms with Gasteiger partial charge in [-0.05, 0) is 55.9 Å². The zero-order valence-corrected chi connectivity index (χ0v) is 18.6. The van der Waals surface area contributed by atoms with Crippen molar-refractivity contribution in [3.8, 4) is 11.8 Å². The smallest absolute Gasteiger partial charge is 0.260 e. The second kappa shape index (κ2) is 9.70. The van der Waals surface area contributed by atoms with Crippen LogP contribution in [0.2, 0.25) is 0 Å². The summed E-state index contributed by atoms with van der Waals surface area (Å²) in [4.78, 5) is 22.2. The topological polar surface area (TPSA) is 69.5 Å². The molecule has 0 aliphatic carbocycles. The third-order valence-corrected chi connectivity index (χ3v) is 6.40. The van der Waals surface area contributed by atoms with E-state index in [9.17, 15) is 4.79 Å². The van der Waals surface area contributed by atoms with Crippen LogP contribution in [-0.4, -0.2) is 49.1 Å². The van der Waals surface area contributed by atoms with Crippen LogP contribution in [0.4, 0.5) is 5.13 Å². The molecular formula is C23H26N4O2S. The normalized spacial score (nSPS) is 10.9. The lowest BCUT2D eigenvalue weighted by molar-refractivity contribution is 0.0984. The summed E-state index contributed by atoms with van der Waals surface area (Å²) in [6.07, 6.45) is 0. The van der Waals surface area contributed by atoms with E-state index in [1.54, 1.807) is 36.3 Å². The molecule has 1 aromatic heterocycles. The van der Waals surface area contributed by atoms with E-state index in [2.05, 4.69) is 24.8 Å². The van der Waals surface area contributed by atoms with Crippen LogP contribution in [0.1, 0.15) is 35.3 Å². The van der Waals surface area contributed by atoms with Crippen LogP contribution in [0.5, 0.6) is 5.75 Å². The Labute approximate surface area is 181 Å². The maximum absolute atomic E-state index is 13.4. The minimum atomic E-state index is -0.123. The first-order chi connectivity index (χ1) is 14.5. The summed E-state index contributed by atoms with van der Waals surface area (Å²) in [6, 6.07) is 12.7. The molecule has 0 fully saturated rings. The molecular weight excluding hydrogens is 396 g/mol. The summed E-state index contributed by atoms with van der Waals surface area (Å²) in [7, 11) is 1.63. The lowest BCUT2D eigenvalue weighted by atomic mass is 10.1. The van der Waals surface area contributed by atoms with Gasteiger partial charge in [0.15, 0.2) is 5.13 Å². The molecule has 6 nitrogen and oxygen atoms in total. The van der Waals surface area contributed by atoms with Crippen molar-refractivity contribution in [2.24, 2.45) is 0 Å². The number of anilines is 1. The predicted octanol–water partition coefficient (Wildman–Crippen LogP) is 4.47. The molecule has 2 aromatic carbocycles. The largest absolute Gasteiger partial charge is 0.494 e. The standard InChI is InChI=1S/C23H26N4O2S/c1-5-26(6-2)13-14-27(22(28)18-10-8-17(15-24)9-11-18)23-25-20-19(29-4)12-7-16(3)21(20)30-23/h7-12H,5-6,13-14H2,1-4H3. The highest BCUT2D eigenvalue weighted by atomic mass is 32.1. The quantitative estimate of drug-likeness (QED) is 0.536. The van der Waals surface area contributed by atoms with Crippen molar-refractivity contribution in [2.75, 3.05) is 38.2 Å². The molecule has 0 unspecified atom stereocenters. The van der Waals surface area contributed by atoms with Crippen LogP contribution in [0.25, 0.3) is 10.2 Å². The van der Waals surface area contributed by atoms with Crippen molar-refractivity contribution < 1.29 is 9.53 Å². The van der Waals surface area contributed by atoms with Gasteiger partial charge in [0, 0.05) is 18.7 Å². The zero-order valence-electron chi connectivity index (χ0n) is 17.8. The van der Waals surface area contributed by atoms with E-state index in [1.807, 2.05) is 19.1 Å². The number of hydrogen-bond donors (Lipinski definition) is 0. The van der Waals surface area contributed by atoms with Crippen LogP contribution >= 0.6 is 11.3 Å². The number of aryl methyl sites for hydroxylation is 1. The number of ether oxygens (including phenoxy) is 1. The molecule has 0 N–H and O–H groups in total. The molecule has 0 aliphatic rings. The summed E-state index contributed by atoms with van der Waals surface area (Å²) in [5.74, 6) is 0.579. The number of hydrogen-bond acceptors (Lipinski definition) is 6. The average Bonchev–Trinajstić information content (AvgIpc) is 3.23. The Balaban J connectivity index is 2.02. The number of thiazole rings is 1. The predicted molar refractivity (Wildman–Crippen MR) is 122 cm³/mol. The maximum Gasteiger partial charge on any atom is 0.260 e. The SMILES string of the molecule is CCN(CC)CCN(C(=O)c1ccc(C#N)cc1)c1nc2c(OC)ccc(C)c2s1. The number of benzene rings is 2. The minimum Gasteiger partial charge on any atom is -0.494 e. The van der Waals surface area contributed by atoms with E-state index in [0.717, 1.165) is 35.4 Å². The molecule has 1 heterocycles. The van der Waals surface area contributed by atoms with E-state index < -0.39 is 0 Å². The third kappa shape index (κ3) is 4.45. The Morgan fingerprint density at radius 2 is 1.83 bits per heavy atom. The van der Waals surface area contributed by atoms with Gasteiger partial charge in [0.1, 0.15) is 11.3 Å². The van der Waals surface area contributed by atoms with Crippen LogP contribution in [-0.2, 0) is 0 Å². The molecule has 30 heavy (non-hydrogen) atoms. The van der Waals surface area contributed by atoms with E-state index in [4.69, 9.17) is 15.0 Å². The molecule has 0 aliphatic heterocycles. The average molecular weight is 423 g/mol. The fourth-order valence-electron chi connectivity index (χ4n) is 3.29. The van der Waals surface area contributed by atoms with Crippen LogP contribution in [0.3, 0.4) is 0 Å². The molecule has 156 valence electrons. The fraction of sp³-hybridized carbons (Fsp3) is 0.348. The summed E-state index contributed by atoms with van der Waals surface area (Å²) in [5, 5.41) is 9.69. The molecule has 7 heteroatoms. The summed E-state index contributed by atoms with van der Waals surface area (Å²) in [6.45, 7) is 9.38. The third-order valence-electron chi connectivity index (χ3n) is 5.18. The van der Waals surface area contributed by atoms with E-state index in [0.29, 0.717) is 28.6 Å². The molecule has 0 bridgehead atoms. The second-order valence-electron chi connectivity index (χ2n) is 6.93. The number of amides is 1. The van der Waals surface area contributed by atoms with Crippen molar-refractivity contribution in [3.05, 3.63) is 53.1 Å². The van der Waals surface area contributed by atoms with Crippen molar-refractivity contribution >= 4 is 32.6 Å². The number of likely N-dealkylation sites (N-methyl/N-ethyl adjacent to an activating group) is 1. The molecule has 0 saturated carbocycles. The molecule has 0 spiro atoms. The van der Waals surface area contributed by atoms with Gasteiger partial charge in [-0.15, -0.1) is 0 Å². The molecule has 0 radical (unpaired) electrons. The highest BCUT2D eigenvalue weighted by Crippen LogP contribution is 2.36. The molecule has 0 atom stereocenters. The van der Waals surface area contributed by atoms with Crippen molar-refractivity contribution in [1.82, 2.24) is 9.88 Å². The molecule has 3 aromatic rings. The number of methoxy groups -OCH3 is 1. The highest BCUT2D eigenvalue weighted by Gasteiger charge is 2.23. The highest BCUT2D eigenvalue weighted by molar-refractivity contribution is 7.22. The van der Waals surface area contributed by atoms with Gasteiger partial charge in [-0.1, -0.05) is 31.3 Å². The molecule has 0 saturated heterocycles. The Morgan fingerprint density at radius 1 is 1.13 bits per heavy atom. The first-order valence-electron chi connectivity index (χ1n) is 10.0. The van der Waals surface area contributed by atoms with Gasteiger partial charge >= 0.3 is 0 Å². The number of aromatic nitrogens is 1. The van der Waals surface area contributed by atoms with Crippen LogP contribution in [0, 0.1) is 18.3 Å². The minimum absolute atomic E-state index is 0.123. The number of fused-ring (bicyclic) bond motifs is 1. The Bertz CT molecular complexity index is 1070. The first kappa shape index (κ1) is 21.8. The van der Waals surface area contributed by atoms with Gasteiger partial charge in [0.25, 0.3) is 5.91 Å². The summed E-state index contributed by atoms with van der Waals surface area (Å²) in [5.41, 5.74) is 2.94. The van der Waals surface area contributed by atoms with E-state index in [1.165, 1.54) is 11.3 Å². The van der Waals surface area contributed by atoms with Gasteiger partial charge in [0.2, 0.25) is 0 Å². The van der Waals surface area contributed by atoms with E-state index >= 15 is 0 Å². The van der Waals surface area contributed by atoms with Crippen LogP contribution < -0.4 is 9.64 Å². The fourth-order valence-corrected chi connectivity index (χ4v) is 4.36. The first-order valence-corrected chi connectivity index (χ1v) is 10.8. The van der Waals surface area contributed by atoms with Gasteiger partial charge in [-0.3, -0.25) is 9.69 Å². The van der Waals surface area contributed by atoms with Gasteiger partial charge in [-0.2, -0.15) is 5.26 Å². The Morgan fingerprint density at radius 3 is 2.43 bits per heavy atom. The zero-order chi connectivity index (χ0) is 21.7. The summed E-state index contributed by atoms with van der Waals surface area (Å²) >= 11 is 1.50. The van der Waals surface area contributed by atoms with Gasteiger partial charge < -0.3 is 9.64 Å². The Hall–Kier alpha value is -2.95. The van der Waals surface area contributed by atoms with Crippen molar-refractivity contribution in [3.63, 3.8) is 0 Å². The maximum atomic E-state index is 13.4. The lowest BCUT2D eigenvalue weighted by Crippen LogP contribution is -2.38. The summed E-state index contributed by atoms with van der Waals surface area (Å²) < 4.78 is 6.50. The van der Waals surface area contributed by atoms with E-state index in [-0.39, 0.29) is 5.91 Å². The second-order valence-corrected chi connectivity index (χ2v) is 7.91. The number of nitriles is 1. The lowest BCUT2D eigenvalue weighted by Gasteiger charge is -2.24. The number of carbonyl (C=O) groups is 1. The monoisotopic (exact) mass is 422 g/mol. The Kier molecular flexibility index (Phi) is 7.03. The molecule has 3 rings (SSSR count). The van der Waals surface area contributed by atoms with Crippen LogP contribution in [0.15, 0.2) is 36.4 Å². The number of rotatable bonds is 8. The number of nitrogens with zero attached hydrogens (tertiary/aromatic N) is 4. The van der Waals surface area contributed by atoms with Crippen molar-refractivity contribution in [2.45, 2.75) is 20.8 Å².